The third kappa shape index (κ3) is 3.46. The third-order valence-electron chi connectivity index (χ3n) is 9.69. The molecule has 6 unspecified atom stereocenters. The number of hydrogen-bond acceptors (Lipinski definition) is 5. The average molecular weight is 665 g/mol. The summed E-state index contributed by atoms with van der Waals surface area (Å²) >= 11 is 14.2. The lowest BCUT2D eigenvalue weighted by Crippen LogP contribution is -2.60. The number of rotatable bonds is 2. The largest absolute Gasteiger partial charge is 0.507 e. The van der Waals surface area contributed by atoms with Crippen LogP contribution in [0.15, 0.2) is 48.0 Å². The van der Waals surface area contributed by atoms with Gasteiger partial charge >= 0.3 is 0 Å². The maximum absolute atomic E-state index is 15.1. The fourth-order valence-electron chi connectivity index (χ4n) is 7.63. The highest BCUT2D eigenvalue weighted by Gasteiger charge is 2.77. The number of nitrogens with zero attached hydrogens (tertiary/aromatic N) is 2. The molecular formula is C31H19Cl2F5N2O5. The lowest BCUT2D eigenvalue weighted by molar-refractivity contribution is -0.138. The normalized spacial score (nSPS) is 31.0. The molecule has 4 amide bonds. The molecule has 0 bridgehead atoms. The minimum Gasteiger partial charge on any atom is -0.507 e. The summed E-state index contributed by atoms with van der Waals surface area (Å²) in [6.45, 7) is 0. The molecule has 6 atom stereocenters. The topological polar surface area (TPSA) is 95.0 Å². The summed E-state index contributed by atoms with van der Waals surface area (Å²) in [5, 5.41) is 11.2. The number of phenols is 1. The standard InChI is InChI=1S/C31H19Cl2F5N2O5/c1-39-26(42)15-7-6-14-16(18(15)27(39)43)10-30(32)28(44)40(25-23(37)21(35)20(34)22(36)24(25)38)29(45)31(30,33)19(14)13-8-9-17(41)12-5-3-2-4-11(12)13/h2-6,8-9,15-16,18-19,41H,7,10H2,1H3. The number of allylic oxidation sites excluding steroid dienone is 2. The molecule has 2 saturated heterocycles. The highest BCUT2D eigenvalue weighted by atomic mass is 35.5. The van der Waals surface area contributed by atoms with Crippen LogP contribution in [0.25, 0.3) is 10.8 Å². The third-order valence-corrected chi connectivity index (χ3v) is 11.1. The molecule has 1 saturated carbocycles. The molecule has 7 nitrogen and oxygen atoms in total. The number of anilines is 1. The molecule has 3 aromatic carbocycles. The van der Waals surface area contributed by atoms with Crippen molar-refractivity contribution in [1.82, 2.24) is 4.90 Å². The number of likely N-dealkylation sites (tertiary alicyclic amines) is 1. The first-order valence-electron chi connectivity index (χ1n) is 13.7. The first-order chi connectivity index (χ1) is 21.2. The Bertz CT molecular complexity index is 1940. The molecule has 2 aliphatic heterocycles. The van der Waals surface area contributed by atoms with Crippen LogP contribution < -0.4 is 4.90 Å². The molecule has 45 heavy (non-hydrogen) atoms. The van der Waals surface area contributed by atoms with E-state index >= 15 is 8.78 Å². The molecule has 2 aliphatic carbocycles. The number of carbonyl (C=O) groups excluding carboxylic acids is 4. The van der Waals surface area contributed by atoms with Gasteiger partial charge in [-0.05, 0) is 35.8 Å². The van der Waals surface area contributed by atoms with Crippen molar-refractivity contribution in [2.24, 2.45) is 17.8 Å². The monoisotopic (exact) mass is 664 g/mol. The molecule has 3 fully saturated rings. The van der Waals surface area contributed by atoms with E-state index in [0.717, 1.165) is 4.90 Å². The fraction of sp³-hybridized carbons (Fsp3) is 0.290. The summed E-state index contributed by atoms with van der Waals surface area (Å²) in [5.74, 6) is -20.8. The molecule has 2 heterocycles. The minimum absolute atomic E-state index is 0.0453. The Morgan fingerprint density at radius 1 is 0.800 bits per heavy atom. The van der Waals surface area contributed by atoms with Crippen LogP contribution in [-0.2, 0) is 19.2 Å². The molecular weight excluding hydrogens is 646 g/mol. The molecule has 4 aliphatic rings. The first-order valence-corrected chi connectivity index (χ1v) is 14.4. The predicted octanol–water partition coefficient (Wildman–Crippen LogP) is 5.43. The molecule has 0 radical (unpaired) electrons. The van der Waals surface area contributed by atoms with E-state index in [1.165, 1.54) is 19.2 Å². The maximum Gasteiger partial charge on any atom is 0.258 e. The van der Waals surface area contributed by atoms with Crippen molar-refractivity contribution in [1.29, 1.82) is 0 Å². The number of fused-ring (bicyclic) bond motifs is 5. The van der Waals surface area contributed by atoms with E-state index < -0.39 is 98.2 Å². The van der Waals surface area contributed by atoms with Crippen LogP contribution in [0.2, 0.25) is 0 Å². The van der Waals surface area contributed by atoms with E-state index in [9.17, 15) is 37.5 Å². The maximum atomic E-state index is 15.1. The van der Waals surface area contributed by atoms with Crippen molar-refractivity contribution < 1.29 is 46.2 Å². The van der Waals surface area contributed by atoms with Gasteiger partial charge in [-0.25, -0.2) is 26.9 Å². The van der Waals surface area contributed by atoms with Gasteiger partial charge in [0.2, 0.25) is 17.6 Å². The van der Waals surface area contributed by atoms with Gasteiger partial charge in [0, 0.05) is 18.4 Å². The number of carbonyl (C=O) groups is 4. The highest BCUT2D eigenvalue weighted by Crippen LogP contribution is 2.66. The van der Waals surface area contributed by atoms with E-state index in [-0.39, 0.29) is 22.6 Å². The SMILES string of the molecule is CN1C(=O)C2CC=C3C(CC4(Cl)C(=O)N(c5c(F)c(F)c(F)c(F)c5F)C(=O)C4(Cl)C3c3ccc(O)c4ccccc34)C2C1=O. The van der Waals surface area contributed by atoms with E-state index in [0.29, 0.717) is 16.3 Å². The van der Waals surface area contributed by atoms with Crippen LogP contribution in [-0.4, -0.2) is 50.4 Å². The number of phenolic OH excluding ortho intramolecular Hbond substituents is 1. The van der Waals surface area contributed by atoms with Crippen molar-refractivity contribution in [3.05, 3.63) is 82.7 Å². The Balaban J connectivity index is 1.53. The lowest BCUT2D eigenvalue weighted by atomic mass is 9.56. The molecule has 0 aromatic heterocycles. The van der Waals surface area contributed by atoms with Gasteiger partial charge in [0.15, 0.2) is 33.0 Å². The zero-order valence-corrected chi connectivity index (χ0v) is 24.4. The predicted molar refractivity (Wildman–Crippen MR) is 150 cm³/mol. The zero-order chi connectivity index (χ0) is 32.5. The lowest BCUT2D eigenvalue weighted by Gasteiger charge is -2.51. The van der Waals surface area contributed by atoms with E-state index in [1.807, 2.05) is 0 Å². The summed E-state index contributed by atoms with van der Waals surface area (Å²) in [6.07, 6.45) is 1.08. The number of benzene rings is 3. The number of imide groups is 2. The van der Waals surface area contributed by atoms with Gasteiger partial charge in [0.05, 0.1) is 11.8 Å². The van der Waals surface area contributed by atoms with Crippen LogP contribution in [0.4, 0.5) is 27.6 Å². The van der Waals surface area contributed by atoms with E-state index in [2.05, 4.69) is 0 Å². The second-order valence-electron chi connectivity index (χ2n) is 11.6. The molecule has 232 valence electrons. The Hall–Kier alpha value is -4.03. The quantitative estimate of drug-likeness (QED) is 0.0984. The van der Waals surface area contributed by atoms with Gasteiger partial charge < -0.3 is 5.11 Å². The summed E-state index contributed by atoms with van der Waals surface area (Å²) in [5.41, 5.74) is -1.29. The van der Waals surface area contributed by atoms with Gasteiger partial charge in [-0.1, -0.05) is 42.0 Å². The Kier molecular flexibility index (Phi) is 6.26. The zero-order valence-electron chi connectivity index (χ0n) is 22.9. The van der Waals surface area contributed by atoms with Gasteiger partial charge in [-0.3, -0.25) is 24.1 Å². The average Bonchev–Trinajstić information content (AvgIpc) is 3.33. The summed E-state index contributed by atoms with van der Waals surface area (Å²) in [7, 11) is 1.30. The number of amides is 4. The summed E-state index contributed by atoms with van der Waals surface area (Å²) < 4.78 is 72.9. The molecule has 7 rings (SSSR count). The van der Waals surface area contributed by atoms with E-state index in [1.54, 1.807) is 30.3 Å². The molecule has 14 heteroatoms. The Labute approximate surface area is 260 Å². The second-order valence-corrected chi connectivity index (χ2v) is 12.9. The number of alkyl halides is 2. The van der Waals surface area contributed by atoms with Crippen molar-refractivity contribution in [3.8, 4) is 5.75 Å². The minimum atomic E-state index is -2.64. The van der Waals surface area contributed by atoms with Gasteiger partial charge in [-0.2, -0.15) is 0 Å². The smallest absolute Gasteiger partial charge is 0.258 e. The fourth-order valence-corrected chi connectivity index (χ4v) is 8.55. The van der Waals surface area contributed by atoms with Crippen LogP contribution in [0.5, 0.6) is 5.75 Å². The van der Waals surface area contributed by atoms with Crippen molar-refractivity contribution in [2.45, 2.75) is 28.5 Å². The summed E-state index contributed by atoms with van der Waals surface area (Å²) in [4.78, 5) is 50.4. The van der Waals surface area contributed by atoms with Crippen LogP contribution in [0, 0.1) is 46.8 Å². The van der Waals surface area contributed by atoms with Gasteiger partial charge in [0.25, 0.3) is 11.8 Å². The number of hydrogen-bond donors (Lipinski definition) is 1. The number of aromatic hydroxyl groups is 1. The van der Waals surface area contributed by atoms with Crippen molar-refractivity contribution in [3.63, 3.8) is 0 Å². The Morgan fingerprint density at radius 2 is 1.40 bits per heavy atom. The van der Waals surface area contributed by atoms with Crippen LogP contribution >= 0.6 is 23.2 Å². The first kappa shape index (κ1) is 29.7. The second kappa shape index (κ2) is 9.49. The highest BCUT2D eigenvalue weighted by molar-refractivity contribution is 6.58. The van der Waals surface area contributed by atoms with Gasteiger partial charge in [0.1, 0.15) is 11.4 Å². The molecule has 0 spiro atoms. The Morgan fingerprint density at radius 3 is 2.04 bits per heavy atom. The summed E-state index contributed by atoms with van der Waals surface area (Å²) in [6, 6.07) is 9.08. The van der Waals surface area contributed by atoms with Crippen molar-refractivity contribution >= 4 is 63.3 Å². The van der Waals surface area contributed by atoms with Crippen LogP contribution in [0.1, 0.15) is 24.3 Å². The van der Waals surface area contributed by atoms with Crippen LogP contribution in [0.3, 0.4) is 0 Å². The van der Waals surface area contributed by atoms with E-state index in [4.69, 9.17) is 23.2 Å². The molecule has 1 N–H and O–H groups in total. The van der Waals surface area contributed by atoms with Crippen molar-refractivity contribution in [2.75, 3.05) is 11.9 Å². The van der Waals surface area contributed by atoms with Gasteiger partial charge in [-0.15, -0.1) is 23.2 Å². The number of halogens is 7. The molecule has 3 aromatic rings.